The van der Waals surface area contributed by atoms with Crippen LogP contribution in [-0.4, -0.2) is 12.4 Å². The summed E-state index contributed by atoms with van der Waals surface area (Å²) in [4.78, 5) is 4.65. The number of rotatable bonds is 2. The minimum Gasteiger partial charge on any atom is -0.340 e. The molecule has 0 atom stereocenters. The van der Waals surface area contributed by atoms with Crippen molar-refractivity contribution in [3.8, 4) is 0 Å². The average molecular weight is 314 g/mol. The Bertz CT molecular complexity index is 871. The molecule has 1 heterocycles. The Kier molecular flexibility index (Phi) is 5.07. The smallest absolute Gasteiger partial charge is 0.133 e. The van der Waals surface area contributed by atoms with Gasteiger partial charge in [-0.25, -0.2) is 0 Å². The van der Waals surface area contributed by atoms with Crippen molar-refractivity contribution in [2.24, 2.45) is 4.99 Å². The molecule has 2 nitrogen and oxygen atoms in total. The van der Waals surface area contributed by atoms with E-state index in [0.29, 0.717) is 6.54 Å². The summed E-state index contributed by atoms with van der Waals surface area (Å²) in [6.45, 7) is 4.70. The van der Waals surface area contributed by atoms with Gasteiger partial charge in [0.25, 0.3) is 0 Å². The Morgan fingerprint density at radius 3 is 2.33 bits per heavy atom. The van der Waals surface area contributed by atoms with Crippen molar-refractivity contribution >= 4 is 22.3 Å². The van der Waals surface area contributed by atoms with Crippen LogP contribution in [0.15, 0.2) is 83.9 Å². The molecule has 0 bridgehead atoms. The summed E-state index contributed by atoms with van der Waals surface area (Å²) in [6, 6.07) is 25.2. The molecule has 1 aliphatic rings. The lowest BCUT2D eigenvalue weighted by molar-refractivity contribution is 1.12. The highest BCUT2D eigenvalue weighted by Crippen LogP contribution is 2.21. The number of aliphatic imine (C=N–C) groups is 1. The first-order valence-corrected chi connectivity index (χ1v) is 8.47. The second kappa shape index (κ2) is 7.60. The van der Waals surface area contributed by atoms with Crippen molar-refractivity contribution in [3.05, 3.63) is 90.0 Å². The number of fused-ring (bicyclic) bond motifs is 1. The third-order valence-corrected chi connectivity index (χ3v) is 3.93. The maximum atomic E-state index is 4.65. The largest absolute Gasteiger partial charge is 0.340 e. The fourth-order valence-electron chi connectivity index (χ4n) is 2.84. The fourth-order valence-corrected chi connectivity index (χ4v) is 2.84. The Balaban J connectivity index is 0.000000815. The van der Waals surface area contributed by atoms with Crippen LogP contribution in [0.2, 0.25) is 0 Å². The molecule has 0 amide bonds. The third kappa shape index (κ3) is 3.23. The van der Waals surface area contributed by atoms with Crippen molar-refractivity contribution in [2.75, 3.05) is 6.54 Å². The quantitative estimate of drug-likeness (QED) is 0.686. The normalized spacial score (nSPS) is 13.2. The summed E-state index contributed by atoms with van der Waals surface area (Å²) < 4.78 is 0. The molecule has 24 heavy (non-hydrogen) atoms. The van der Waals surface area contributed by atoms with Crippen molar-refractivity contribution in [1.29, 1.82) is 0 Å². The monoisotopic (exact) mass is 314 g/mol. The van der Waals surface area contributed by atoms with Crippen LogP contribution in [-0.2, 0) is 0 Å². The van der Waals surface area contributed by atoms with E-state index in [9.17, 15) is 0 Å². The molecule has 1 aliphatic heterocycles. The molecule has 120 valence electrons. The maximum absolute atomic E-state index is 4.65. The summed E-state index contributed by atoms with van der Waals surface area (Å²) in [5, 5.41) is 5.95. The summed E-state index contributed by atoms with van der Waals surface area (Å²) in [6.07, 6.45) is 2.13. The Morgan fingerprint density at radius 1 is 0.792 bits per heavy atom. The van der Waals surface area contributed by atoms with E-state index >= 15 is 0 Å². The zero-order chi connectivity index (χ0) is 16.8. The second-order valence-corrected chi connectivity index (χ2v) is 5.32. The van der Waals surface area contributed by atoms with Gasteiger partial charge in [-0.15, -0.1) is 0 Å². The lowest BCUT2D eigenvalue weighted by Crippen LogP contribution is -2.26. The van der Waals surface area contributed by atoms with Crippen LogP contribution >= 0.6 is 0 Å². The zero-order valence-electron chi connectivity index (χ0n) is 14.2. The Morgan fingerprint density at radius 2 is 1.50 bits per heavy atom. The van der Waals surface area contributed by atoms with E-state index in [2.05, 4.69) is 83.1 Å². The predicted molar refractivity (Wildman–Crippen MR) is 104 cm³/mol. The summed E-state index contributed by atoms with van der Waals surface area (Å²) in [7, 11) is 0. The first kappa shape index (κ1) is 16.0. The Hall–Kier alpha value is -2.87. The summed E-state index contributed by atoms with van der Waals surface area (Å²) in [5.41, 5.74) is 3.47. The number of hydrogen-bond acceptors (Lipinski definition) is 2. The molecule has 4 rings (SSSR count). The number of benzene rings is 3. The van der Waals surface area contributed by atoms with Crippen LogP contribution in [0.1, 0.15) is 25.0 Å². The van der Waals surface area contributed by atoms with E-state index in [-0.39, 0.29) is 0 Å². The van der Waals surface area contributed by atoms with Crippen LogP contribution in [0.4, 0.5) is 0 Å². The van der Waals surface area contributed by atoms with Gasteiger partial charge in [-0.2, -0.15) is 0 Å². The lowest BCUT2D eigenvalue weighted by atomic mass is 10.0. The standard InChI is InChI=1S/C20H16N2.C2H6/c1-2-8-16(9-3-1)19-13-14-21-20(22-19)18-12-6-10-15-7-4-5-11-17(15)18;1-2/h1-13H,14H2,(H,21,22);1-2H3. The van der Waals surface area contributed by atoms with Crippen LogP contribution in [0.25, 0.3) is 16.5 Å². The first-order valence-electron chi connectivity index (χ1n) is 8.47. The third-order valence-electron chi connectivity index (χ3n) is 3.93. The minimum atomic E-state index is 0.704. The van der Waals surface area contributed by atoms with Gasteiger partial charge >= 0.3 is 0 Å². The van der Waals surface area contributed by atoms with Gasteiger partial charge in [0.2, 0.25) is 0 Å². The zero-order valence-corrected chi connectivity index (χ0v) is 14.2. The molecule has 0 aliphatic carbocycles. The molecular formula is C22H22N2. The van der Waals surface area contributed by atoms with E-state index < -0.39 is 0 Å². The van der Waals surface area contributed by atoms with Gasteiger partial charge in [-0.05, 0) is 22.4 Å². The molecular weight excluding hydrogens is 292 g/mol. The lowest BCUT2D eigenvalue weighted by Gasteiger charge is -2.19. The van der Waals surface area contributed by atoms with E-state index in [1.165, 1.54) is 16.3 Å². The van der Waals surface area contributed by atoms with E-state index in [1.807, 2.05) is 19.9 Å². The molecule has 0 fully saturated rings. The van der Waals surface area contributed by atoms with Crippen molar-refractivity contribution < 1.29 is 0 Å². The summed E-state index contributed by atoms with van der Waals surface area (Å²) in [5.74, 6) is 0.943. The average Bonchev–Trinajstić information content (AvgIpc) is 2.70. The molecule has 0 saturated heterocycles. The van der Waals surface area contributed by atoms with Gasteiger partial charge in [0.15, 0.2) is 0 Å². The molecule has 1 N–H and O–H groups in total. The number of nitrogens with one attached hydrogen (secondary N) is 1. The molecule has 0 spiro atoms. The van der Waals surface area contributed by atoms with E-state index in [1.54, 1.807) is 0 Å². The molecule has 3 aromatic rings. The maximum Gasteiger partial charge on any atom is 0.133 e. The first-order chi connectivity index (χ1) is 11.9. The van der Waals surface area contributed by atoms with E-state index in [4.69, 9.17) is 0 Å². The molecule has 0 aromatic heterocycles. The van der Waals surface area contributed by atoms with Gasteiger partial charge in [0.1, 0.15) is 5.84 Å². The van der Waals surface area contributed by atoms with E-state index in [0.717, 1.165) is 17.1 Å². The van der Waals surface area contributed by atoms with Gasteiger partial charge in [-0.3, -0.25) is 4.99 Å². The predicted octanol–water partition coefficient (Wildman–Crippen LogP) is 5.26. The van der Waals surface area contributed by atoms with Gasteiger partial charge in [0.05, 0.1) is 6.54 Å². The van der Waals surface area contributed by atoms with Crippen LogP contribution in [0, 0.1) is 0 Å². The molecule has 3 aromatic carbocycles. The minimum absolute atomic E-state index is 0.704. The SMILES string of the molecule is C1=C(c2ccccc2)NC(c2cccc3ccccc23)=NC1.CC. The highest BCUT2D eigenvalue weighted by atomic mass is 15.0. The highest BCUT2D eigenvalue weighted by molar-refractivity contribution is 6.12. The fraction of sp³-hybridized carbons (Fsp3) is 0.136. The van der Waals surface area contributed by atoms with Gasteiger partial charge < -0.3 is 5.32 Å². The number of hydrogen-bond donors (Lipinski definition) is 1. The molecule has 2 heteroatoms. The molecule has 0 radical (unpaired) electrons. The van der Waals surface area contributed by atoms with Crippen LogP contribution in [0.5, 0.6) is 0 Å². The highest BCUT2D eigenvalue weighted by Gasteiger charge is 2.13. The molecule has 0 unspecified atom stereocenters. The van der Waals surface area contributed by atoms with Crippen LogP contribution < -0.4 is 5.32 Å². The van der Waals surface area contributed by atoms with Crippen molar-refractivity contribution in [1.82, 2.24) is 5.32 Å². The Labute approximate surface area is 143 Å². The summed E-state index contributed by atoms with van der Waals surface area (Å²) >= 11 is 0. The van der Waals surface area contributed by atoms with Gasteiger partial charge in [0, 0.05) is 11.3 Å². The number of nitrogens with zero attached hydrogens (tertiary/aromatic N) is 1. The van der Waals surface area contributed by atoms with Crippen LogP contribution in [0.3, 0.4) is 0 Å². The topological polar surface area (TPSA) is 24.4 Å². The second-order valence-electron chi connectivity index (χ2n) is 5.32. The van der Waals surface area contributed by atoms with Crippen molar-refractivity contribution in [3.63, 3.8) is 0 Å². The molecule has 0 saturated carbocycles. The number of amidine groups is 1. The van der Waals surface area contributed by atoms with Gasteiger partial charge in [-0.1, -0.05) is 86.6 Å². The van der Waals surface area contributed by atoms with Crippen molar-refractivity contribution in [2.45, 2.75) is 13.8 Å².